The average Bonchev–Trinajstić information content (AvgIpc) is 3.10. The van der Waals surface area contributed by atoms with E-state index in [2.05, 4.69) is 8.76 Å². The second-order valence-corrected chi connectivity index (χ2v) is 8.44. The summed E-state index contributed by atoms with van der Waals surface area (Å²) in [5.74, 6) is -0.228. The Balaban J connectivity index is 1.93. The third-order valence-electron chi connectivity index (χ3n) is 4.75. The van der Waals surface area contributed by atoms with Gasteiger partial charge in [0.2, 0.25) is 0 Å². The van der Waals surface area contributed by atoms with Crippen molar-refractivity contribution in [3.63, 3.8) is 0 Å². The molecule has 4 rings (SSSR count). The molecule has 0 saturated heterocycles. The van der Waals surface area contributed by atoms with Crippen LogP contribution in [0.2, 0.25) is 0 Å². The molecule has 3 aromatic carbocycles. The van der Waals surface area contributed by atoms with Gasteiger partial charge in [-0.05, 0) is 23.3 Å². The van der Waals surface area contributed by atoms with Gasteiger partial charge in [-0.2, -0.15) is 4.21 Å². The molecule has 1 unspecified atom stereocenters. The monoisotopic (exact) mass is 419 g/mol. The number of hydrogen-bond acceptors (Lipinski definition) is 4. The van der Waals surface area contributed by atoms with Crippen molar-refractivity contribution < 1.29 is 13.2 Å². The zero-order chi connectivity index (χ0) is 21.2. The number of carbonyl (C=O) groups is 1. The van der Waals surface area contributed by atoms with Crippen molar-refractivity contribution in [2.24, 2.45) is 8.76 Å². The SMILES string of the molecule is CN(C)C1=NS(=O)(=NC(=O)c2ccccc2)OC1(c1ccccc1)c1ccccc1. The normalized spacial score (nSPS) is 19.7. The Morgan fingerprint density at radius 1 is 0.867 bits per heavy atom. The molecule has 1 aliphatic heterocycles. The maximum atomic E-state index is 13.6. The van der Waals surface area contributed by atoms with Crippen LogP contribution in [0.1, 0.15) is 21.5 Å². The number of amidine groups is 1. The lowest BCUT2D eigenvalue weighted by Gasteiger charge is -2.32. The third-order valence-corrected chi connectivity index (χ3v) is 6.02. The third kappa shape index (κ3) is 3.53. The number of carbonyl (C=O) groups excluding carboxylic acids is 1. The van der Waals surface area contributed by atoms with Crippen molar-refractivity contribution in [1.82, 2.24) is 4.90 Å². The van der Waals surface area contributed by atoms with Crippen LogP contribution in [0.25, 0.3) is 0 Å². The fraction of sp³-hybridized carbons (Fsp3) is 0.130. The van der Waals surface area contributed by atoms with E-state index in [1.165, 1.54) is 0 Å². The van der Waals surface area contributed by atoms with Crippen molar-refractivity contribution in [1.29, 1.82) is 0 Å². The zero-order valence-electron chi connectivity index (χ0n) is 16.6. The van der Waals surface area contributed by atoms with Crippen LogP contribution in [-0.2, 0) is 20.0 Å². The van der Waals surface area contributed by atoms with E-state index in [1.54, 1.807) is 49.3 Å². The Labute approximate surface area is 176 Å². The number of nitrogens with zero attached hydrogens (tertiary/aromatic N) is 3. The molecule has 7 heteroatoms. The molecule has 0 N–H and O–H groups in total. The lowest BCUT2D eigenvalue weighted by Crippen LogP contribution is -2.43. The van der Waals surface area contributed by atoms with Crippen LogP contribution in [0.3, 0.4) is 0 Å². The van der Waals surface area contributed by atoms with E-state index in [-0.39, 0.29) is 0 Å². The van der Waals surface area contributed by atoms with Gasteiger partial charge in [-0.3, -0.25) is 4.79 Å². The molecule has 1 atom stereocenters. The Morgan fingerprint density at radius 3 is 1.80 bits per heavy atom. The molecule has 0 aromatic heterocycles. The fourth-order valence-electron chi connectivity index (χ4n) is 3.43. The number of hydrogen-bond donors (Lipinski definition) is 0. The minimum absolute atomic E-state index is 0.322. The molecule has 0 spiro atoms. The molecule has 0 aliphatic carbocycles. The molecular weight excluding hydrogens is 398 g/mol. The summed E-state index contributed by atoms with van der Waals surface area (Å²) in [7, 11) is -0.0802. The first kappa shape index (κ1) is 20.0. The van der Waals surface area contributed by atoms with Crippen molar-refractivity contribution in [2.45, 2.75) is 5.60 Å². The number of likely N-dealkylation sites (N-methyl/N-ethyl adjacent to an activating group) is 1. The molecule has 0 bridgehead atoms. The molecule has 1 heterocycles. The first-order chi connectivity index (χ1) is 14.4. The highest BCUT2D eigenvalue weighted by molar-refractivity contribution is 7.88. The minimum Gasteiger partial charge on any atom is -0.362 e. The highest BCUT2D eigenvalue weighted by Gasteiger charge is 2.51. The quantitative estimate of drug-likeness (QED) is 0.642. The maximum Gasteiger partial charge on any atom is 0.288 e. The van der Waals surface area contributed by atoms with Gasteiger partial charge < -0.3 is 4.90 Å². The molecule has 0 fully saturated rings. The summed E-state index contributed by atoms with van der Waals surface area (Å²) in [6.45, 7) is 0. The van der Waals surface area contributed by atoms with Crippen LogP contribution in [0.4, 0.5) is 0 Å². The lowest BCUT2D eigenvalue weighted by atomic mass is 9.85. The number of amides is 1. The summed E-state index contributed by atoms with van der Waals surface area (Å²) in [6, 6.07) is 27.3. The highest BCUT2D eigenvalue weighted by atomic mass is 32.2. The maximum absolute atomic E-state index is 13.6. The largest absolute Gasteiger partial charge is 0.362 e. The van der Waals surface area contributed by atoms with E-state index in [1.807, 2.05) is 60.7 Å². The van der Waals surface area contributed by atoms with Crippen LogP contribution >= 0.6 is 0 Å². The summed E-state index contributed by atoms with van der Waals surface area (Å²) < 4.78 is 28.1. The standard InChI is InChI=1S/C23H21N3O3S/c1-26(2)22-23(19-14-8-4-9-15-19,20-16-10-5-11-17-20)29-30(28,25-22)24-21(27)18-12-6-3-7-13-18/h3-17H,1-2H3. The van der Waals surface area contributed by atoms with Crippen LogP contribution in [0.5, 0.6) is 0 Å². The van der Waals surface area contributed by atoms with Crippen molar-refractivity contribution in [3.05, 3.63) is 108 Å². The topological polar surface area (TPSA) is 71.3 Å². The number of rotatable bonds is 3. The van der Waals surface area contributed by atoms with Gasteiger partial charge in [0, 0.05) is 19.7 Å². The second-order valence-electron chi connectivity index (χ2n) is 7.02. The molecule has 0 saturated carbocycles. The van der Waals surface area contributed by atoms with E-state index < -0.39 is 21.7 Å². The Kier molecular flexibility index (Phi) is 5.24. The molecule has 1 aliphatic rings. The Bertz CT molecular complexity index is 1160. The highest BCUT2D eigenvalue weighted by Crippen LogP contribution is 2.42. The Morgan fingerprint density at radius 2 is 1.33 bits per heavy atom. The van der Waals surface area contributed by atoms with Crippen LogP contribution in [0, 0.1) is 0 Å². The summed E-state index contributed by atoms with van der Waals surface area (Å²) in [4.78, 5) is 14.4. The zero-order valence-corrected chi connectivity index (χ0v) is 17.5. The molecule has 3 aromatic rings. The van der Waals surface area contributed by atoms with Gasteiger partial charge in [0.25, 0.3) is 16.1 Å². The van der Waals surface area contributed by atoms with Gasteiger partial charge in [-0.1, -0.05) is 78.9 Å². The van der Waals surface area contributed by atoms with E-state index in [9.17, 15) is 9.00 Å². The van der Waals surface area contributed by atoms with E-state index >= 15 is 0 Å². The minimum atomic E-state index is -3.68. The molecule has 1 amide bonds. The predicted molar refractivity (Wildman–Crippen MR) is 117 cm³/mol. The van der Waals surface area contributed by atoms with Crippen LogP contribution in [-0.4, -0.2) is 34.9 Å². The second kappa shape index (κ2) is 7.85. The molecule has 0 radical (unpaired) electrons. The van der Waals surface area contributed by atoms with Crippen LogP contribution in [0.15, 0.2) is 99.8 Å². The van der Waals surface area contributed by atoms with Crippen LogP contribution < -0.4 is 0 Å². The summed E-state index contributed by atoms with van der Waals surface area (Å²) in [5.41, 5.74) is 0.554. The van der Waals surface area contributed by atoms with Gasteiger partial charge in [0.05, 0.1) is 0 Å². The molecule has 6 nitrogen and oxygen atoms in total. The lowest BCUT2D eigenvalue weighted by molar-refractivity contribution is 0.100. The summed E-state index contributed by atoms with van der Waals surface area (Å²) in [6.07, 6.45) is 0. The van der Waals surface area contributed by atoms with E-state index in [0.29, 0.717) is 11.4 Å². The van der Waals surface area contributed by atoms with Gasteiger partial charge in [-0.25, -0.2) is 4.18 Å². The molecular formula is C23H21N3O3S. The summed E-state index contributed by atoms with van der Waals surface area (Å²) >= 11 is 0. The first-order valence-electron chi connectivity index (χ1n) is 9.40. The molecule has 30 heavy (non-hydrogen) atoms. The Hall–Kier alpha value is -3.29. The first-order valence-corrected chi connectivity index (χ1v) is 10.8. The van der Waals surface area contributed by atoms with Crippen molar-refractivity contribution in [3.8, 4) is 0 Å². The van der Waals surface area contributed by atoms with Gasteiger partial charge >= 0.3 is 0 Å². The number of benzene rings is 3. The molecule has 152 valence electrons. The predicted octanol–water partition coefficient (Wildman–Crippen LogP) is 4.06. The fourth-order valence-corrected chi connectivity index (χ4v) is 4.97. The van der Waals surface area contributed by atoms with Gasteiger partial charge in [0.15, 0.2) is 11.4 Å². The van der Waals surface area contributed by atoms with E-state index in [4.69, 9.17) is 4.18 Å². The van der Waals surface area contributed by atoms with Gasteiger partial charge in [0.1, 0.15) is 0 Å². The summed E-state index contributed by atoms with van der Waals surface area (Å²) in [5, 5.41) is 0. The smallest absolute Gasteiger partial charge is 0.288 e. The van der Waals surface area contributed by atoms with Crippen molar-refractivity contribution >= 4 is 21.9 Å². The van der Waals surface area contributed by atoms with E-state index in [0.717, 1.165) is 11.1 Å². The average molecular weight is 420 g/mol. The van der Waals surface area contributed by atoms with Gasteiger partial charge in [-0.15, -0.1) is 8.76 Å². The van der Waals surface area contributed by atoms with Crippen molar-refractivity contribution in [2.75, 3.05) is 14.1 Å².